The fraction of sp³-hybridized carbons (Fsp3) is 0.235. The van der Waals surface area contributed by atoms with Crippen molar-refractivity contribution in [1.82, 2.24) is 5.32 Å². The van der Waals surface area contributed by atoms with Crippen LogP contribution >= 0.6 is 11.6 Å². The van der Waals surface area contributed by atoms with Crippen LogP contribution in [-0.2, 0) is 6.54 Å². The van der Waals surface area contributed by atoms with Crippen LogP contribution in [0.1, 0.15) is 27.0 Å². The molecule has 0 aliphatic heterocycles. The van der Waals surface area contributed by atoms with Gasteiger partial charge in [-0.25, -0.2) is 0 Å². The summed E-state index contributed by atoms with van der Waals surface area (Å²) < 4.78 is 0. The van der Waals surface area contributed by atoms with Crippen molar-refractivity contribution in [3.8, 4) is 0 Å². The van der Waals surface area contributed by atoms with Crippen LogP contribution in [0.5, 0.6) is 0 Å². The van der Waals surface area contributed by atoms with Crippen molar-refractivity contribution in [3.63, 3.8) is 0 Å². The Morgan fingerprint density at radius 2 is 1.81 bits per heavy atom. The van der Waals surface area contributed by atoms with Crippen LogP contribution < -0.4 is 10.6 Å². The highest BCUT2D eigenvalue weighted by Gasteiger charge is 2.06. The van der Waals surface area contributed by atoms with Gasteiger partial charge in [0.25, 0.3) is 5.91 Å². The Kier molecular flexibility index (Phi) is 4.86. The molecule has 0 aliphatic carbocycles. The van der Waals surface area contributed by atoms with Crippen LogP contribution in [0.2, 0.25) is 5.02 Å². The molecule has 1 amide bonds. The number of nitrogens with one attached hydrogen (secondary N) is 2. The zero-order valence-electron chi connectivity index (χ0n) is 12.5. The zero-order chi connectivity index (χ0) is 15.4. The molecule has 0 fully saturated rings. The molecule has 0 spiro atoms. The molecule has 0 heterocycles. The Labute approximate surface area is 130 Å². The highest BCUT2D eigenvalue weighted by Crippen LogP contribution is 2.20. The summed E-state index contributed by atoms with van der Waals surface area (Å²) in [6, 6.07) is 11.6. The van der Waals surface area contributed by atoms with Gasteiger partial charge in [-0.05, 0) is 48.7 Å². The minimum absolute atomic E-state index is 0.0866. The molecule has 2 rings (SSSR count). The number of hydrogen-bond acceptors (Lipinski definition) is 2. The molecule has 0 saturated carbocycles. The number of carbonyl (C=O) groups is 1. The first-order chi connectivity index (χ1) is 10.0. The molecular weight excluding hydrogens is 284 g/mol. The zero-order valence-corrected chi connectivity index (χ0v) is 13.2. The van der Waals surface area contributed by atoms with E-state index in [1.165, 1.54) is 0 Å². The Bertz CT molecular complexity index is 668. The smallest absolute Gasteiger partial charge is 0.251 e. The van der Waals surface area contributed by atoms with Crippen LogP contribution in [0.25, 0.3) is 0 Å². The number of benzene rings is 2. The number of carbonyl (C=O) groups excluding carboxylic acids is 1. The number of amides is 1. The van der Waals surface area contributed by atoms with Crippen LogP contribution in [-0.4, -0.2) is 13.0 Å². The van der Waals surface area contributed by atoms with E-state index in [0.29, 0.717) is 12.1 Å². The molecule has 2 aromatic rings. The van der Waals surface area contributed by atoms with Gasteiger partial charge in [-0.2, -0.15) is 0 Å². The predicted molar refractivity (Wildman–Crippen MR) is 88.1 cm³/mol. The quantitative estimate of drug-likeness (QED) is 0.898. The van der Waals surface area contributed by atoms with E-state index in [9.17, 15) is 4.79 Å². The summed E-state index contributed by atoms with van der Waals surface area (Å²) in [6.07, 6.45) is 0. The van der Waals surface area contributed by atoms with E-state index in [2.05, 4.69) is 10.6 Å². The second-order valence-corrected chi connectivity index (χ2v) is 5.45. The van der Waals surface area contributed by atoms with Crippen LogP contribution in [0.15, 0.2) is 36.4 Å². The molecule has 3 nitrogen and oxygen atoms in total. The topological polar surface area (TPSA) is 41.1 Å². The number of rotatable bonds is 4. The third-order valence-electron chi connectivity index (χ3n) is 3.45. The largest absolute Gasteiger partial charge is 0.381 e. The van der Waals surface area contributed by atoms with Gasteiger partial charge in [-0.15, -0.1) is 0 Å². The molecule has 0 aromatic heterocycles. The number of anilines is 1. The maximum atomic E-state index is 11.7. The molecule has 0 bridgehead atoms. The molecule has 2 N–H and O–H groups in total. The van der Waals surface area contributed by atoms with E-state index in [4.69, 9.17) is 11.6 Å². The minimum atomic E-state index is -0.0866. The van der Waals surface area contributed by atoms with Gasteiger partial charge in [0.05, 0.1) is 0 Å². The van der Waals surface area contributed by atoms with Gasteiger partial charge in [0.15, 0.2) is 0 Å². The molecule has 0 saturated heterocycles. The number of halogens is 1. The van der Waals surface area contributed by atoms with Gasteiger partial charge in [-0.1, -0.05) is 29.8 Å². The average molecular weight is 303 g/mol. The summed E-state index contributed by atoms with van der Waals surface area (Å²) in [5.74, 6) is -0.0866. The lowest BCUT2D eigenvalue weighted by atomic mass is 10.1. The molecular formula is C17H19ClN2O. The third kappa shape index (κ3) is 3.76. The summed E-state index contributed by atoms with van der Waals surface area (Å²) >= 11 is 6.13. The van der Waals surface area contributed by atoms with Gasteiger partial charge in [0.1, 0.15) is 0 Å². The summed E-state index contributed by atoms with van der Waals surface area (Å²) in [7, 11) is 1.63. The lowest BCUT2D eigenvalue weighted by Gasteiger charge is -2.12. The molecule has 0 atom stereocenters. The number of hydrogen-bond donors (Lipinski definition) is 2. The second-order valence-electron chi connectivity index (χ2n) is 5.05. The first-order valence-corrected chi connectivity index (χ1v) is 7.20. The van der Waals surface area contributed by atoms with Crippen molar-refractivity contribution in [2.24, 2.45) is 0 Å². The first kappa shape index (κ1) is 15.4. The lowest BCUT2D eigenvalue weighted by molar-refractivity contribution is 0.0963. The van der Waals surface area contributed by atoms with E-state index >= 15 is 0 Å². The van der Waals surface area contributed by atoms with Gasteiger partial charge in [0.2, 0.25) is 0 Å². The molecule has 21 heavy (non-hydrogen) atoms. The molecule has 0 unspecified atom stereocenters. The summed E-state index contributed by atoms with van der Waals surface area (Å²) in [4.78, 5) is 11.7. The normalized spacial score (nSPS) is 10.3. The van der Waals surface area contributed by atoms with Crippen molar-refractivity contribution in [2.75, 3.05) is 12.4 Å². The van der Waals surface area contributed by atoms with E-state index in [1.54, 1.807) is 7.05 Å². The minimum Gasteiger partial charge on any atom is -0.381 e. The molecule has 4 heteroatoms. The monoisotopic (exact) mass is 302 g/mol. The summed E-state index contributed by atoms with van der Waals surface area (Å²) in [6.45, 7) is 4.66. The fourth-order valence-corrected chi connectivity index (χ4v) is 2.24. The molecule has 0 aliphatic rings. The van der Waals surface area contributed by atoms with Crippen LogP contribution in [0.3, 0.4) is 0 Å². The van der Waals surface area contributed by atoms with Crippen molar-refractivity contribution in [2.45, 2.75) is 20.4 Å². The Balaban J connectivity index is 2.15. The van der Waals surface area contributed by atoms with Gasteiger partial charge >= 0.3 is 0 Å². The Hall–Kier alpha value is -2.00. The van der Waals surface area contributed by atoms with Gasteiger partial charge in [-0.3, -0.25) is 4.79 Å². The van der Waals surface area contributed by atoms with Crippen molar-refractivity contribution in [3.05, 3.63) is 63.7 Å². The highest BCUT2D eigenvalue weighted by atomic mass is 35.5. The predicted octanol–water partition coefficient (Wildman–Crippen LogP) is 3.93. The second kappa shape index (κ2) is 6.64. The summed E-state index contributed by atoms with van der Waals surface area (Å²) in [5.41, 5.74) is 4.87. The Morgan fingerprint density at radius 1 is 1.10 bits per heavy atom. The van der Waals surface area contributed by atoms with E-state index in [-0.39, 0.29) is 5.91 Å². The van der Waals surface area contributed by atoms with Crippen LogP contribution in [0, 0.1) is 13.8 Å². The molecule has 110 valence electrons. The standard InChI is InChI=1S/C17H19ClN2O/c1-11-4-6-13(8-15(11)18)10-20-16-9-14(17(21)19-3)7-5-12(16)2/h4-9,20H,10H2,1-3H3,(H,19,21). The van der Waals surface area contributed by atoms with Crippen LogP contribution in [0.4, 0.5) is 5.69 Å². The molecule has 2 aromatic carbocycles. The average Bonchev–Trinajstić information content (AvgIpc) is 2.49. The SMILES string of the molecule is CNC(=O)c1ccc(C)c(NCc2ccc(C)c(Cl)c2)c1. The van der Waals surface area contributed by atoms with E-state index < -0.39 is 0 Å². The number of aryl methyl sites for hydroxylation is 2. The Morgan fingerprint density at radius 3 is 2.48 bits per heavy atom. The first-order valence-electron chi connectivity index (χ1n) is 6.83. The van der Waals surface area contributed by atoms with Gasteiger partial charge < -0.3 is 10.6 Å². The van der Waals surface area contributed by atoms with E-state index in [0.717, 1.165) is 27.4 Å². The van der Waals surface area contributed by atoms with Crippen molar-refractivity contribution in [1.29, 1.82) is 0 Å². The van der Waals surface area contributed by atoms with E-state index in [1.807, 2.05) is 50.2 Å². The third-order valence-corrected chi connectivity index (χ3v) is 3.85. The summed E-state index contributed by atoms with van der Waals surface area (Å²) in [5, 5.41) is 6.76. The fourth-order valence-electron chi connectivity index (χ4n) is 2.04. The lowest BCUT2D eigenvalue weighted by Crippen LogP contribution is -2.18. The van der Waals surface area contributed by atoms with Crippen molar-refractivity contribution >= 4 is 23.2 Å². The maximum absolute atomic E-state index is 11.7. The van der Waals surface area contributed by atoms with Gasteiger partial charge in [0, 0.05) is 29.9 Å². The highest BCUT2D eigenvalue weighted by molar-refractivity contribution is 6.31. The maximum Gasteiger partial charge on any atom is 0.251 e. The molecule has 0 radical (unpaired) electrons. The van der Waals surface area contributed by atoms with Crippen molar-refractivity contribution < 1.29 is 4.79 Å².